The van der Waals surface area contributed by atoms with Gasteiger partial charge in [-0.1, -0.05) is 11.6 Å². The van der Waals surface area contributed by atoms with E-state index in [1.54, 1.807) is 13.0 Å². The average molecular weight is 253 g/mol. The molecular weight excluding hydrogens is 244 g/mol. The Balaban J connectivity index is 2.49. The summed E-state index contributed by atoms with van der Waals surface area (Å²) in [6, 6.07) is 1.56. The number of aromatic amines is 1. The number of ketones is 1. The van der Waals surface area contributed by atoms with Crippen LogP contribution in [0.4, 0.5) is 0 Å². The van der Waals surface area contributed by atoms with Crippen LogP contribution in [0.1, 0.15) is 17.3 Å². The smallest absolute Gasteiger partial charge is 0.379 e. The largest absolute Gasteiger partial charge is 0.460 e. The Labute approximate surface area is 102 Å². The fraction of sp³-hybridized carbons (Fsp3) is 0.182. The number of fused-ring (bicyclic) bond motifs is 1. The molecule has 0 saturated carbocycles. The standard InChI is InChI=1S/C11H9ClN2O3/c1-2-17-11(16)9(15)6-5-14-10-8(6)7(12)3-4-13-10/h3-5H,2H2,1H3,(H,13,14). The summed E-state index contributed by atoms with van der Waals surface area (Å²) < 4.78 is 4.65. The summed E-state index contributed by atoms with van der Waals surface area (Å²) in [5, 5.41) is 0.802. The van der Waals surface area contributed by atoms with E-state index in [-0.39, 0.29) is 12.2 Å². The topological polar surface area (TPSA) is 72.1 Å². The van der Waals surface area contributed by atoms with Gasteiger partial charge in [-0.2, -0.15) is 0 Å². The van der Waals surface area contributed by atoms with Crippen molar-refractivity contribution in [1.29, 1.82) is 0 Å². The van der Waals surface area contributed by atoms with Gasteiger partial charge in [0.25, 0.3) is 5.78 Å². The van der Waals surface area contributed by atoms with Crippen LogP contribution in [0.3, 0.4) is 0 Å². The highest BCUT2D eigenvalue weighted by molar-refractivity contribution is 6.45. The van der Waals surface area contributed by atoms with Crippen molar-refractivity contribution in [3.8, 4) is 0 Å². The number of hydrogen-bond donors (Lipinski definition) is 1. The van der Waals surface area contributed by atoms with E-state index in [1.165, 1.54) is 12.4 Å². The lowest BCUT2D eigenvalue weighted by Gasteiger charge is -2.00. The SMILES string of the molecule is CCOC(=O)C(=O)c1c[nH]c2nccc(Cl)c12. The van der Waals surface area contributed by atoms with Crippen LogP contribution in [0.25, 0.3) is 11.0 Å². The first-order valence-corrected chi connectivity index (χ1v) is 5.36. The Bertz CT molecular complexity index is 591. The molecule has 0 aliphatic rings. The van der Waals surface area contributed by atoms with Gasteiger partial charge in [0.1, 0.15) is 5.65 Å². The minimum absolute atomic E-state index is 0.152. The predicted octanol–water partition coefficient (Wildman–Crippen LogP) is 1.96. The van der Waals surface area contributed by atoms with Gasteiger partial charge in [-0.15, -0.1) is 0 Å². The van der Waals surface area contributed by atoms with E-state index in [0.29, 0.717) is 16.1 Å². The number of hydrogen-bond acceptors (Lipinski definition) is 4. The predicted molar refractivity (Wildman–Crippen MR) is 62.1 cm³/mol. The van der Waals surface area contributed by atoms with Gasteiger partial charge in [-0.05, 0) is 13.0 Å². The highest BCUT2D eigenvalue weighted by Crippen LogP contribution is 2.25. The Morgan fingerprint density at radius 1 is 1.53 bits per heavy atom. The van der Waals surface area contributed by atoms with E-state index in [2.05, 4.69) is 14.7 Å². The molecule has 88 valence electrons. The summed E-state index contributed by atoms with van der Waals surface area (Å²) in [5.74, 6) is -1.62. The number of nitrogens with one attached hydrogen (secondary N) is 1. The molecule has 2 heterocycles. The molecule has 5 nitrogen and oxygen atoms in total. The van der Waals surface area contributed by atoms with Gasteiger partial charge in [0, 0.05) is 17.8 Å². The molecule has 17 heavy (non-hydrogen) atoms. The third kappa shape index (κ3) is 2.01. The molecule has 0 aliphatic heterocycles. The van der Waals surface area contributed by atoms with Crippen LogP contribution in [0.15, 0.2) is 18.5 Å². The van der Waals surface area contributed by atoms with Gasteiger partial charge < -0.3 is 9.72 Å². The molecule has 0 fully saturated rings. The Hall–Kier alpha value is -1.88. The van der Waals surface area contributed by atoms with E-state index < -0.39 is 11.8 Å². The molecule has 0 saturated heterocycles. The molecular formula is C11H9ClN2O3. The summed E-state index contributed by atoms with van der Waals surface area (Å²) in [6.07, 6.45) is 2.92. The van der Waals surface area contributed by atoms with Crippen LogP contribution in [-0.4, -0.2) is 28.3 Å². The van der Waals surface area contributed by atoms with Crippen molar-refractivity contribution in [2.45, 2.75) is 6.92 Å². The molecule has 2 aromatic heterocycles. The average Bonchev–Trinajstić information content (AvgIpc) is 2.73. The van der Waals surface area contributed by atoms with Crippen molar-refractivity contribution in [2.75, 3.05) is 6.61 Å². The summed E-state index contributed by atoms with van der Waals surface area (Å²) >= 11 is 5.97. The first-order valence-electron chi connectivity index (χ1n) is 4.98. The van der Waals surface area contributed by atoms with E-state index in [0.717, 1.165) is 0 Å². The Morgan fingerprint density at radius 3 is 3.00 bits per heavy atom. The molecule has 0 spiro atoms. The monoisotopic (exact) mass is 252 g/mol. The van der Waals surface area contributed by atoms with Crippen LogP contribution in [0.5, 0.6) is 0 Å². The Morgan fingerprint density at radius 2 is 2.29 bits per heavy atom. The number of nitrogens with zero attached hydrogens (tertiary/aromatic N) is 1. The minimum atomic E-state index is -0.895. The molecule has 0 radical (unpaired) electrons. The van der Waals surface area contributed by atoms with Crippen molar-refractivity contribution in [1.82, 2.24) is 9.97 Å². The first kappa shape index (κ1) is 11.6. The van der Waals surface area contributed by atoms with Crippen molar-refractivity contribution in [3.05, 3.63) is 29.0 Å². The molecule has 2 rings (SSSR count). The number of aromatic nitrogens is 2. The maximum absolute atomic E-state index is 11.8. The molecule has 0 bridgehead atoms. The van der Waals surface area contributed by atoms with Gasteiger partial charge in [0.15, 0.2) is 0 Å². The summed E-state index contributed by atoms with van der Waals surface area (Å²) in [5.41, 5.74) is 0.640. The fourth-order valence-electron chi connectivity index (χ4n) is 1.50. The molecule has 1 N–H and O–H groups in total. The fourth-order valence-corrected chi connectivity index (χ4v) is 1.75. The molecule has 0 atom stereocenters. The second-order valence-corrected chi connectivity index (χ2v) is 3.68. The zero-order valence-electron chi connectivity index (χ0n) is 8.99. The van der Waals surface area contributed by atoms with Crippen molar-refractivity contribution < 1.29 is 14.3 Å². The number of carbonyl (C=O) groups is 2. The van der Waals surface area contributed by atoms with Crippen LogP contribution in [0.2, 0.25) is 5.02 Å². The molecule has 0 aromatic carbocycles. The molecule has 0 unspecified atom stereocenters. The zero-order chi connectivity index (χ0) is 12.4. The zero-order valence-corrected chi connectivity index (χ0v) is 9.75. The maximum atomic E-state index is 11.8. The summed E-state index contributed by atoms with van der Waals surface area (Å²) in [7, 11) is 0. The van der Waals surface area contributed by atoms with Crippen LogP contribution in [-0.2, 0) is 9.53 Å². The quantitative estimate of drug-likeness (QED) is 0.515. The number of carbonyl (C=O) groups excluding carboxylic acids is 2. The van der Waals surface area contributed by atoms with E-state index in [9.17, 15) is 9.59 Å². The van der Waals surface area contributed by atoms with Crippen molar-refractivity contribution >= 4 is 34.4 Å². The third-order valence-electron chi connectivity index (χ3n) is 2.23. The normalized spacial score (nSPS) is 10.5. The number of ether oxygens (including phenoxy) is 1. The van der Waals surface area contributed by atoms with Gasteiger partial charge in [0.2, 0.25) is 0 Å². The van der Waals surface area contributed by atoms with E-state index in [4.69, 9.17) is 11.6 Å². The van der Waals surface area contributed by atoms with Crippen LogP contribution in [0, 0.1) is 0 Å². The lowest BCUT2D eigenvalue weighted by Crippen LogP contribution is -2.17. The number of H-pyrrole nitrogens is 1. The van der Waals surface area contributed by atoms with E-state index >= 15 is 0 Å². The third-order valence-corrected chi connectivity index (χ3v) is 2.54. The molecule has 2 aromatic rings. The van der Waals surface area contributed by atoms with Crippen molar-refractivity contribution in [3.63, 3.8) is 0 Å². The van der Waals surface area contributed by atoms with Crippen LogP contribution < -0.4 is 0 Å². The van der Waals surface area contributed by atoms with Gasteiger partial charge in [-0.3, -0.25) is 4.79 Å². The maximum Gasteiger partial charge on any atom is 0.379 e. The number of Topliss-reactive ketones (excluding diaryl/α,β-unsaturated/α-hetero) is 1. The lowest BCUT2D eigenvalue weighted by molar-refractivity contribution is -0.137. The lowest BCUT2D eigenvalue weighted by atomic mass is 10.1. The Kier molecular flexibility index (Phi) is 3.10. The number of rotatable bonds is 3. The van der Waals surface area contributed by atoms with Crippen molar-refractivity contribution in [2.24, 2.45) is 0 Å². The summed E-state index contributed by atoms with van der Waals surface area (Å²) in [4.78, 5) is 29.9. The van der Waals surface area contributed by atoms with E-state index in [1.807, 2.05) is 0 Å². The number of pyridine rings is 1. The molecule has 0 aliphatic carbocycles. The van der Waals surface area contributed by atoms with Gasteiger partial charge >= 0.3 is 5.97 Å². The first-order chi connectivity index (χ1) is 8.15. The highest BCUT2D eigenvalue weighted by atomic mass is 35.5. The molecule has 6 heteroatoms. The summed E-state index contributed by atoms with van der Waals surface area (Å²) in [6.45, 7) is 1.79. The highest BCUT2D eigenvalue weighted by Gasteiger charge is 2.22. The van der Waals surface area contributed by atoms with Gasteiger partial charge in [0.05, 0.1) is 17.2 Å². The number of halogens is 1. The second-order valence-electron chi connectivity index (χ2n) is 3.27. The minimum Gasteiger partial charge on any atom is -0.460 e. The van der Waals surface area contributed by atoms with Gasteiger partial charge in [-0.25, -0.2) is 9.78 Å². The van der Waals surface area contributed by atoms with Crippen LogP contribution >= 0.6 is 11.6 Å². The number of esters is 1. The molecule has 0 amide bonds. The second kappa shape index (κ2) is 4.55.